The lowest BCUT2D eigenvalue weighted by Gasteiger charge is -2.34. The van der Waals surface area contributed by atoms with Crippen LogP contribution in [0, 0.1) is 5.92 Å². The third-order valence-corrected chi connectivity index (χ3v) is 6.94. The highest BCUT2D eigenvalue weighted by Crippen LogP contribution is 2.43. The van der Waals surface area contributed by atoms with E-state index in [4.69, 9.17) is 5.73 Å². The molecule has 3 heterocycles. The lowest BCUT2D eigenvalue weighted by Crippen LogP contribution is -2.52. The number of piperidine rings is 1. The van der Waals surface area contributed by atoms with E-state index >= 15 is 0 Å². The summed E-state index contributed by atoms with van der Waals surface area (Å²) in [7, 11) is 0. The van der Waals surface area contributed by atoms with E-state index in [9.17, 15) is 14.4 Å². The van der Waals surface area contributed by atoms with Crippen molar-refractivity contribution in [3.05, 3.63) is 46.7 Å². The molecule has 1 saturated carbocycles. The number of nitrogens with zero attached hydrogens (tertiary/aromatic N) is 4. The quantitative estimate of drug-likeness (QED) is 0.286. The standard InChI is InChI=1S/C23H23BrN6O3.C2H6/c1-12(31)21-16-10-14(25)6-8-17(16)29(28-21)11-20(32)30-15-7-5-13(9-15)22(30)23(33)27-19-4-2-3-18(24)26-19;1-2/h2-4,6,8,10,13,15,22H,5,7,9,11,25H2,1H3,(H,26,27,33);1-2H3. The average Bonchev–Trinajstić information content (AvgIpc) is 3.53. The van der Waals surface area contributed by atoms with E-state index in [0.29, 0.717) is 27.0 Å². The van der Waals surface area contributed by atoms with Gasteiger partial charge in [0.2, 0.25) is 11.8 Å². The first-order valence-electron chi connectivity index (χ1n) is 11.8. The lowest BCUT2D eigenvalue weighted by molar-refractivity contribution is -0.141. The third-order valence-electron chi connectivity index (χ3n) is 6.50. The van der Waals surface area contributed by atoms with Crippen LogP contribution in [0.25, 0.3) is 10.9 Å². The second kappa shape index (κ2) is 10.2. The van der Waals surface area contributed by atoms with Crippen molar-refractivity contribution in [1.82, 2.24) is 19.7 Å². The number of likely N-dealkylation sites (tertiary alicyclic amines) is 1. The van der Waals surface area contributed by atoms with Crippen LogP contribution >= 0.6 is 15.9 Å². The van der Waals surface area contributed by atoms with Crippen LogP contribution in [-0.2, 0) is 16.1 Å². The number of aromatic nitrogens is 3. The van der Waals surface area contributed by atoms with Crippen LogP contribution < -0.4 is 11.1 Å². The van der Waals surface area contributed by atoms with Gasteiger partial charge in [-0.05, 0) is 71.4 Å². The maximum Gasteiger partial charge on any atom is 0.248 e. The van der Waals surface area contributed by atoms with Gasteiger partial charge in [-0.2, -0.15) is 5.10 Å². The van der Waals surface area contributed by atoms with E-state index < -0.39 is 6.04 Å². The smallest absolute Gasteiger partial charge is 0.248 e. The van der Waals surface area contributed by atoms with Crippen LogP contribution in [0.15, 0.2) is 41.0 Å². The van der Waals surface area contributed by atoms with E-state index in [2.05, 4.69) is 31.3 Å². The molecular weight excluding hydrogens is 512 g/mol. The maximum absolute atomic E-state index is 13.5. The Labute approximate surface area is 212 Å². The van der Waals surface area contributed by atoms with Crippen LogP contribution in [0.4, 0.5) is 11.5 Å². The largest absolute Gasteiger partial charge is 0.399 e. The topological polar surface area (TPSA) is 123 Å². The molecule has 2 amide bonds. The number of nitrogen functional groups attached to an aromatic ring is 1. The van der Waals surface area contributed by atoms with Crippen LogP contribution in [0.5, 0.6) is 0 Å². The number of nitrogens with two attached hydrogens (primary N) is 1. The molecular formula is C25H29BrN6O3. The van der Waals surface area contributed by atoms with E-state index in [0.717, 1.165) is 19.3 Å². The number of Topliss-reactive ketones (excluding diaryl/α,β-unsaturated/α-hetero) is 1. The number of amides is 2. The van der Waals surface area contributed by atoms with E-state index in [1.54, 1.807) is 41.3 Å². The molecule has 1 aromatic carbocycles. The molecule has 0 spiro atoms. The summed E-state index contributed by atoms with van der Waals surface area (Å²) in [6.07, 6.45) is 2.60. The SMILES string of the molecule is CC.CC(=O)c1nn(CC(=O)N2C3CCC(C3)C2C(=O)Nc2cccc(Br)n2)c2ccc(N)cc12. The maximum atomic E-state index is 13.5. The van der Waals surface area contributed by atoms with Gasteiger partial charge in [0.05, 0.1) is 5.52 Å². The van der Waals surface area contributed by atoms with Crippen molar-refractivity contribution in [2.75, 3.05) is 11.1 Å². The molecule has 9 nitrogen and oxygen atoms in total. The zero-order valence-corrected chi connectivity index (χ0v) is 21.6. The van der Waals surface area contributed by atoms with Crippen molar-refractivity contribution in [2.45, 2.75) is 58.7 Å². The summed E-state index contributed by atoms with van der Waals surface area (Å²) in [6.45, 7) is 5.38. The predicted octanol–water partition coefficient (Wildman–Crippen LogP) is 4.02. The van der Waals surface area contributed by atoms with Crippen LogP contribution in [0.2, 0.25) is 0 Å². The molecule has 1 aliphatic heterocycles. The Morgan fingerprint density at radius 1 is 1.17 bits per heavy atom. The fourth-order valence-corrected chi connectivity index (χ4v) is 5.49. The molecule has 2 bridgehead atoms. The van der Waals surface area contributed by atoms with Crippen LogP contribution in [-0.4, -0.2) is 49.3 Å². The number of halogens is 1. The fraction of sp³-hybridized carbons (Fsp3) is 0.400. The minimum absolute atomic E-state index is 0.0264. The van der Waals surface area contributed by atoms with Crippen LogP contribution in [0.3, 0.4) is 0 Å². The number of hydrogen-bond acceptors (Lipinski definition) is 6. The zero-order valence-electron chi connectivity index (χ0n) is 20.0. The molecule has 3 N–H and O–H groups in total. The molecule has 3 atom stereocenters. The van der Waals surface area contributed by atoms with Gasteiger partial charge in [0.15, 0.2) is 5.78 Å². The minimum atomic E-state index is -0.554. The molecule has 5 rings (SSSR count). The van der Waals surface area contributed by atoms with Crippen molar-refractivity contribution in [3.8, 4) is 0 Å². The number of benzene rings is 1. The lowest BCUT2D eigenvalue weighted by atomic mass is 9.97. The number of carbonyl (C=O) groups is 3. The van der Waals surface area contributed by atoms with Gasteiger partial charge in [-0.15, -0.1) is 0 Å². The molecule has 0 radical (unpaired) electrons. The summed E-state index contributed by atoms with van der Waals surface area (Å²) in [4.78, 5) is 44.7. The molecule has 1 saturated heterocycles. The number of carbonyl (C=O) groups excluding carboxylic acids is 3. The molecule has 2 aliphatic rings. The number of fused-ring (bicyclic) bond motifs is 3. The molecule has 3 aromatic rings. The number of anilines is 2. The van der Waals surface area contributed by atoms with Crippen molar-refractivity contribution in [1.29, 1.82) is 0 Å². The van der Waals surface area contributed by atoms with Gasteiger partial charge in [0, 0.05) is 24.0 Å². The molecule has 35 heavy (non-hydrogen) atoms. The second-order valence-electron chi connectivity index (χ2n) is 8.65. The molecule has 1 aliphatic carbocycles. The van der Waals surface area contributed by atoms with Gasteiger partial charge in [-0.3, -0.25) is 19.1 Å². The highest BCUT2D eigenvalue weighted by atomic mass is 79.9. The first kappa shape index (κ1) is 24.8. The zero-order chi connectivity index (χ0) is 25.3. The minimum Gasteiger partial charge on any atom is -0.399 e. The Balaban J connectivity index is 0.00000141. The van der Waals surface area contributed by atoms with Gasteiger partial charge in [-0.1, -0.05) is 19.9 Å². The fourth-order valence-electron chi connectivity index (χ4n) is 5.15. The highest BCUT2D eigenvalue weighted by molar-refractivity contribution is 9.10. The van der Waals surface area contributed by atoms with Gasteiger partial charge in [0.25, 0.3) is 0 Å². The summed E-state index contributed by atoms with van der Waals surface area (Å²) in [5.74, 6) is -0.0697. The molecule has 3 unspecified atom stereocenters. The summed E-state index contributed by atoms with van der Waals surface area (Å²) >= 11 is 3.31. The number of nitrogens with one attached hydrogen (secondary N) is 1. The van der Waals surface area contributed by atoms with Crippen molar-refractivity contribution < 1.29 is 14.4 Å². The Hall–Kier alpha value is -3.27. The Morgan fingerprint density at radius 3 is 2.66 bits per heavy atom. The molecule has 184 valence electrons. The Kier molecular flexibility index (Phi) is 7.20. The van der Waals surface area contributed by atoms with Gasteiger partial charge in [0.1, 0.15) is 28.7 Å². The number of ketones is 1. The van der Waals surface area contributed by atoms with Gasteiger partial charge < -0.3 is 16.0 Å². The summed E-state index contributed by atoms with van der Waals surface area (Å²) in [5.41, 5.74) is 7.35. The van der Waals surface area contributed by atoms with E-state index in [1.165, 1.54) is 11.6 Å². The van der Waals surface area contributed by atoms with Crippen LogP contribution in [0.1, 0.15) is 50.5 Å². The monoisotopic (exact) mass is 540 g/mol. The second-order valence-corrected chi connectivity index (χ2v) is 9.46. The van der Waals surface area contributed by atoms with Crippen molar-refractivity contribution >= 4 is 55.9 Å². The first-order chi connectivity index (χ1) is 16.8. The Bertz CT molecular complexity index is 1290. The summed E-state index contributed by atoms with van der Waals surface area (Å²) < 4.78 is 2.15. The van der Waals surface area contributed by atoms with E-state index in [-0.39, 0.29) is 41.8 Å². The Morgan fingerprint density at radius 2 is 1.94 bits per heavy atom. The molecule has 2 fully saturated rings. The molecule has 10 heteroatoms. The van der Waals surface area contributed by atoms with E-state index in [1.807, 2.05) is 13.8 Å². The number of hydrogen-bond donors (Lipinski definition) is 2. The average molecular weight is 541 g/mol. The van der Waals surface area contributed by atoms with Crippen molar-refractivity contribution in [3.63, 3.8) is 0 Å². The number of pyridine rings is 1. The van der Waals surface area contributed by atoms with Gasteiger partial charge >= 0.3 is 0 Å². The highest BCUT2D eigenvalue weighted by Gasteiger charge is 2.51. The predicted molar refractivity (Wildman–Crippen MR) is 138 cm³/mol. The number of rotatable bonds is 5. The normalized spacial score (nSPS) is 20.5. The third kappa shape index (κ3) is 4.80. The molecule has 2 aromatic heterocycles. The first-order valence-corrected chi connectivity index (χ1v) is 12.6. The summed E-state index contributed by atoms with van der Waals surface area (Å²) in [5, 5.41) is 7.88. The van der Waals surface area contributed by atoms with Crippen molar-refractivity contribution in [2.24, 2.45) is 5.92 Å². The summed E-state index contributed by atoms with van der Waals surface area (Å²) in [6, 6.07) is 9.93. The van der Waals surface area contributed by atoms with Gasteiger partial charge in [-0.25, -0.2) is 4.98 Å².